The van der Waals surface area contributed by atoms with Crippen LogP contribution < -0.4 is 19.1 Å². The maximum absolute atomic E-state index is 12.6. The molecule has 7 nitrogen and oxygen atoms in total. The van der Waals surface area contributed by atoms with E-state index in [-0.39, 0.29) is 18.9 Å². The molecule has 3 aromatic carbocycles. The lowest BCUT2D eigenvalue weighted by Crippen LogP contribution is -2.33. The third-order valence-corrected chi connectivity index (χ3v) is 6.35. The number of carbonyl (C=O) groups is 1. The predicted octanol–water partition coefficient (Wildman–Crippen LogP) is 4.10. The summed E-state index contributed by atoms with van der Waals surface area (Å²) in [5.74, 6) is 1.08. The lowest BCUT2D eigenvalue weighted by Gasteiger charge is -2.25. The van der Waals surface area contributed by atoms with Crippen LogP contribution in [0.2, 0.25) is 0 Å². The number of hydrogen-bond donors (Lipinski definition) is 1. The monoisotopic (exact) mass is 482 g/mol. The number of anilines is 1. The number of rotatable bonds is 12. The van der Waals surface area contributed by atoms with Crippen LogP contribution in [0.4, 0.5) is 5.69 Å². The highest BCUT2D eigenvalue weighted by Crippen LogP contribution is 2.32. The molecule has 3 aromatic rings. The summed E-state index contributed by atoms with van der Waals surface area (Å²) in [6.07, 6.45) is 1.77. The molecule has 0 aliphatic rings. The summed E-state index contributed by atoms with van der Waals surface area (Å²) in [4.78, 5) is 12.3. The van der Waals surface area contributed by atoms with Crippen molar-refractivity contribution >= 4 is 21.6 Å². The van der Waals surface area contributed by atoms with Gasteiger partial charge in [0.25, 0.3) is 0 Å². The predicted molar refractivity (Wildman–Crippen MR) is 135 cm³/mol. The van der Waals surface area contributed by atoms with E-state index in [1.165, 1.54) is 10.6 Å². The molecule has 1 N–H and O–H groups in total. The number of para-hydroxylation sites is 3. The minimum absolute atomic E-state index is 0.159. The second-order valence-corrected chi connectivity index (χ2v) is 9.58. The minimum atomic E-state index is -3.53. The van der Waals surface area contributed by atoms with Gasteiger partial charge in [-0.25, -0.2) is 8.42 Å². The molecule has 0 fully saturated rings. The molecule has 8 heteroatoms. The van der Waals surface area contributed by atoms with E-state index in [4.69, 9.17) is 9.47 Å². The van der Waals surface area contributed by atoms with Gasteiger partial charge in [-0.05, 0) is 30.2 Å². The van der Waals surface area contributed by atoms with E-state index in [0.717, 1.165) is 11.1 Å². The van der Waals surface area contributed by atoms with E-state index in [1.54, 1.807) is 25.3 Å². The van der Waals surface area contributed by atoms with Gasteiger partial charge in [-0.1, -0.05) is 60.7 Å². The summed E-state index contributed by atoms with van der Waals surface area (Å²) in [5, 5.41) is 2.81. The number of methoxy groups -OCH3 is 1. The van der Waals surface area contributed by atoms with Gasteiger partial charge in [0.15, 0.2) is 11.5 Å². The van der Waals surface area contributed by atoms with Crippen LogP contribution in [0.5, 0.6) is 11.5 Å². The van der Waals surface area contributed by atoms with Gasteiger partial charge < -0.3 is 14.8 Å². The third-order valence-electron chi connectivity index (χ3n) is 5.17. The van der Waals surface area contributed by atoms with Crippen LogP contribution in [0.25, 0.3) is 11.1 Å². The lowest BCUT2D eigenvalue weighted by molar-refractivity contribution is -0.121. The molecule has 0 aliphatic heterocycles. The molecule has 0 unspecified atom stereocenters. The van der Waals surface area contributed by atoms with Gasteiger partial charge in [0.2, 0.25) is 15.9 Å². The van der Waals surface area contributed by atoms with Crippen molar-refractivity contribution in [3.63, 3.8) is 0 Å². The number of sulfonamides is 1. The van der Waals surface area contributed by atoms with Crippen molar-refractivity contribution in [1.29, 1.82) is 0 Å². The molecule has 0 atom stereocenters. The highest BCUT2D eigenvalue weighted by molar-refractivity contribution is 7.92. The molecule has 1 amide bonds. The normalized spacial score (nSPS) is 11.0. The van der Waals surface area contributed by atoms with Crippen LogP contribution in [0, 0.1) is 0 Å². The number of ether oxygens (including phenoxy) is 2. The average molecular weight is 483 g/mol. The van der Waals surface area contributed by atoms with Gasteiger partial charge in [-0.15, -0.1) is 0 Å². The summed E-state index contributed by atoms with van der Waals surface area (Å²) in [6.45, 7) is 0.837. The third kappa shape index (κ3) is 6.99. The van der Waals surface area contributed by atoms with Crippen molar-refractivity contribution in [3.8, 4) is 22.6 Å². The van der Waals surface area contributed by atoms with E-state index >= 15 is 0 Å². The molecule has 3 rings (SSSR count). The zero-order chi connectivity index (χ0) is 24.4. The molecular formula is C26H30N2O5S. The molecule has 0 radical (unpaired) electrons. The zero-order valence-corrected chi connectivity index (χ0v) is 20.3. The Morgan fingerprint density at radius 2 is 1.56 bits per heavy atom. The Hall–Kier alpha value is -3.52. The van der Waals surface area contributed by atoms with E-state index in [1.807, 2.05) is 60.7 Å². The summed E-state index contributed by atoms with van der Waals surface area (Å²) in [7, 11) is -1.96. The van der Waals surface area contributed by atoms with Crippen molar-refractivity contribution in [2.24, 2.45) is 0 Å². The van der Waals surface area contributed by atoms with Crippen LogP contribution in [-0.4, -0.2) is 47.4 Å². The van der Waals surface area contributed by atoms with Crippen molar-refractivity contribution in [3.05, 3.63) is 78.9 Å². The number of nitrogens with zero attached hydrogens (tertiary/aromatic N) is 1. The fourth-order valence-electron chi connectivity index (χ4n) is 3.58. The molecule has 34 heavy (non-hydrogen) atoms. The second-order valence-electron chi connectivity index (χ2n) is 7.67. The Kier molecular flexibility index (Phi) is 8.93. The Morgan fingerprint density at radius 3 is 2.26 bits per heavy atom. The van der Waals surface area contributed by atoms with Crippen molar-refractivity contribution in [1.82, 2.24) is 5.32 Å². The quantitative estimate of drug-likeness (QED) is 0.393. The van der Waals surface area contributed by atoms with Gasteiger partial charge in [-0.3, -0.25) is 9.10 Å². The van der Waals surface area contributed by atoms with Gasteiger partial charge in [0.05, 0.1) is 25.6 Å². The first-order valence-electron chi connectivity index (χ1n) is 11.0. The van der Waals surface area contributed by atoms with Crippen LogP contribution in [-0.2, 0) is 14.8 Å². The van der Waals surface area contributed by atoms with E-state index in [0.29, 0.717) is 36.8 Å². The Balaban J connectivity index is 1.54. The second kappa shape index (κ2) is 12.1. The van der Waals surface area contributed by atoms with Crippen LogP contribution in [0.1, 0.15) is 12.8 Å². The molecule has 0 spiro atoms. The van der Waals surface area contributed by atoms with Gasteiger partial charge in [0.1, 0.15) is 6.61 Å². The highest BCUT2D eigenvalue weighted by Gasteiger charge is 2.21. The van der Waals surface area contributed by atoms with Crippen LogP contribution in [0.3, 0.4) is 0 Å². The van der Waals surface area contributed by atoms with Crippen molar-refractivity contribution in [2.75, 3.05) is 37.4 Å². The van der Waals surface area contributed by atoms with Crippen LogP contribution >= 0.6 is 0 Å². The molecule has 0 aliphatic carbocycles. The molecule has 0 bridgehead atoms. The van der Waals surface area contributed by atoms with E-state index in [9.17, 15) is 13.2 Å². The maximum atomic E-state index is 12.6. The SMILES string of the molecule is COc1ccccc1OCCNC(=O)CCCN(c1ccccc1-c1ccccc1)S(C)(=O)=O. The fourth-order valence-corrected chi connectivity index (χ4v) is 4.56. The fraction of sp³-hybridized carbons (Fsp3) is 0.269. The van der Waals surface area contributed by atoms with Crippen molar-refractivity contribution < 1.29 is 22.7 Å². The van der Waals surface area contributed by atoms with Gasteiger partial charge >= 0.3 is 0 Å². The topological polar surface area (TPSA) is 84.9 Å². The average Bonchev–Trinajstić information content (AvgIpc) is 2.84. The largest absolute Gasteiger partial charge is 0.493 e. The summed E-state index contributed by atoms with van der Waals surface area (Å²) >= 11 is 0. The first-order valence-corrected chi connectivity index (χ1v) is 12.9. The molecule has 180 valence electrons. The lowest BCUT2D eigenvalue weighted by atomic mass is 10.0. The zero-order valence-electron chi connectivity index (χ0n) is 19.4. The van der Waals surface area contributed by atoms with Gasteiger partial charge in [0, 0.05) is 18.5 Å². The molecule has 0 heterocycles. The molecule has 0 aromatic heterocycles. The van der Waals surface area contributed by atoms with E-state index in [2.05, 4.69) is 5.32 Å². The Morgan fingerprint density at radius 1 is 0.912 bits per heavy atom. The highest BCUT2D eigenvalue weighted by atomic mass is 32.2. The standard InChI is InChI=1S/C26H30N2O5S/c1-32-24-15-8-9-16-25(24)33-20-18-27-26(29)17-10-19-28(34(2,30)31)23-14-7-6-13-22(23)21-11-4-3-5-12-21/h3-9,11-16H,10,17-20H2,1-2H3,(H,27,29). The smallest absolute Gasteiger partial charge is 0.232 e. The first-order chi connectivity index (χ1) is 16.4. The number of benzene rings is 3. The Bertz CT molecular complexity index is 1180. The summed E-state index contributed by atoms with van der Waals surface area (Å²) in [5.41, 5.74) is 2.35. The number of amides is 1. The molecular weight excluding hydrogens is 452 g/mol. The number of nitrogens with one attached hydrogen (secondary N) is 1. The summed E-state index contributed by atoms with van der Waals surface area (Å²) in [6, 6.07) is 24.3. The number of carbonyl (C=O) groups excluding carboxylic acids is 1. The Labute approximate surface area is 201 Å². The number of hydrogen-bond acceptors (Lipinski definition) is 5. The summed E-state index contributed by atoms with van der Waals surface area (Å²) < 4.78 is 37.4. The maximum Gasteiger partial charge on any atom is 0.232 e. The van der Waals surface area contributed by atoms with Crippen LogP contribution in [0.15, 0.2) is 78.9 Å². The minimum Gasteiger partial charge on any atom is -0.493 e. The molecule has 0 saturated heterocycles. The van der Waals surface area contributed by atoms with E-state index < -0.39 is 10.0 Å². The molecule has 0 saturated carbocycles. The first kappa shape index (κ1) is 25.1. The van der Waals surface area contributed by atoms with Crippen molar-refractivity contribution in [2.45, 2.75) is 12.8 Å². The van der Waals surface area contributed by atoms with Gasteiger partial charge in [-0.2, -0.15) is 0 Å².